The van der Waals surface area contributed by atoms with Crippen LogP contribution in [0.1, 0.15) is 12.5 Å². The molecule has 1 aliphatic rings. The number of nitrogens with one attached hydrogen (secondary N) is 1. The summed E-state index contributed by atoms with van der Waals surface area (Å²) in [5, 5.41) is 4.08. The number of rotatable bonds is 6. The maximum absolute atomic E-state index is 11.8. The van der Waals surface area contributed by atoms with Crippen molar-refractivity contribution >= 4 is 29.5 Å². The second kappa shape index (κ2) is 9.41. The van der Waals surface area contributed by atoms with E-state index >= 15 is 0 Å². The fourth-order valence-corrected chi connectivity index (χ4v) is 3.14. The van der Waals surface area contributed by atoms with Gasteiger partial charge in [0.15, 0.2) is 0 Å². The van der Waals surface area contributed by atoms with Gasteiger partial charge in [-0.05, 0) is 37.1 Å². The van der Waals surface area contributed by atoms with Gasteiger partial charge in [0.05, 0.1) is 6.61 Å². The lowest BCUT2D eigenvalue weighted by molar-refractivity contribution is 0.105. The lowest BCUT2D eigenvalue weighted by Gasteiger charge is -2.34. The topological polar surface area (TPSA) is 70.6 Å². The zero-order valence-corrected chi connectivity index (χ0v) is 16.2. The van der Waals surface area contributed by atoms with Crippen molar-refractivity contribution in [3.05, 3.63) is 47.1 Å². The van der Waals surface area contributed by atoms with Crippen LogP contribution in [0.5, 0.6) is 0 Å². The Morgan fingerprint density at radius 2 is 2.07 bits per heavy atom. The van der Waals surface area contributed by atoms with Crippen molar-refractivity contribution in [3.8, 4) is 0 Å². The molecule has 1 amide bonds. The van der Waals surface area contributed by atoms with Gasteiger partial charge in [-0.2, -0.15) is 4.98 Å². The Morgan fingerprint density at radius 3 is 2.81 bits per heavy atom. The van der Waals surface area contributed by atoms with Crippen LogP contribution in [-0.2, 0) is 11.2 Å². The van der Waals surface area contributed by atoms with Gasteiger partial charge in [-0.3, -0.25) is 0 Å². The van der Waals surface area contributed by atoms with Gasteiger partial charge in [0.2, 0.25) is 5.95 Å². The lowest BCUT2D eigenvalue weighted by atomic mass is 10.1. The number of benzene rings is 1. The Labute approximate surface area is 164 Å². The van der Waals surface area contributed by atoms with Gasteiger partial charge < -0.3 is 19.9 Å². The molecule has 0 bridgehead atoms. The molecule has 1 N–H and O–H groups in total. The SMILES string of the molecule is CCOC(=O)N1CCN(c2nccc(NCCc3cccc(Cl)c3)n2)CC1. The highest BCUT2D eigenvalue weighted by Crippen LogP contribution is 2.15. The number of aromatic nitrogens is 2. The molecule has 2 aromatic rings. The standard InChI is InChI=1S/C19H24ClN5O2/c1-2-27-19(26)25-12-10-24(11-13-25)18-22-9-7-17(23-18)21-8-6-15-4-3-5-16(20)14-15/h3-5,7,9,14H,2,6,8,10-13H2,1H3,(H,21,22,23). The molecule has 1 fully saturated rings. The van der Waals surface area contributed by atoms with Crippen LogP contribution in [0, 0.1) is 0 Å². The Bertz CT molecular complexity index is 765. The Kier molecular flexibility index (Phi) is 6.70. The average Bonchev–Trinajstić information content (AvgIpc) is 2.69. The summed E-state index contributed by atoms with van der Waals surface area (Å²) < 4.78 is 5.05. The number of carbonyl (C=O) groups is 1. The summed E-state index contributed by atoms with van der Waals surface area (Å²) in [4.78, 5) is 24.5. The molecule has 2 heterocycles. The zero-order valence-electron chi connectivity index (χ0n) is 15.4. The van der Waals surface area contributed by atoms with E-state index in [0.29, 0.717) is 38.7 Å². The quantitative estimate of drug-likeness (QED) is 0.818. The predicted molar refractivity (Wildman–Crippen MR) is 106 cm³/mol. The highest BCUT2D eigenvalue weighted by Gasteiger charge is 2.23. The number of piperazine rings is 1. The second-order valence-electron chi connectivity index (χ2n) is 6.22. The van der Waals surface area contributed by atoms with E-state index in [9.17, 15) is 4.79 Å². The number of amides is 1. The van der Waals surface area contributed by atoms with Gasteiger partial charge in [-0.1, -0.05) is 23.7 Å². The molecule has 3 rings (SSSR count). The average molecular weight is 390 g/mol. The van der Waals surface area contributed by atoms with Gasteiger partial charge >= 0.3 is 6.09 Å². The molecule has 0 atom stereocenters. The van der Waals surface area contributed by atoms with Crippen molar-refractivity contribution < 1.29 is 9.53 Å². The largest absolute Gasteiger partial charge is 0.450 e. The molecule has 0 saturated carbocycles. The van der Waals surface area contributed by atoms with E-state index in [1.807, 2.05) is 31.2 Å². The van der Waals surface area contributed by atoms with Crippen molar-refractivity contribution in [2.24, 2.45) is 0 Å². The number of hydrogen-bond donors (Lipinski definition) is 1. The van der Waals surface area contributed by atoms with E-state index in [4.69, 9.17) is 16.3 Å². The molecular weight excluding hydrogens is 366 g/mol. The molecule has 1 aromatic carbocycles. The Balaban J connectivity index is 1.51. The van der Waals surface area contributed by atoms with Gasteiger partial charge in [-0.25, -0.2) is 9.78 Å². The summed E-state index contributed by atoms with van der Waals surface area (Å²) in [6, 6.07) is 9.71. The van der Waals surface area contributed by atoms with Crippen molar-refractivity contribution in [1.82, 2.24) is 14.9 Å². The van der Waals surface area contributed by atoms with Crippen LogP contribution in [-0.4, -0.2) is 60.3 Å². The van der Waals surface area contributed by atoms with Crippen LogP contribution in [0.2, 0.25) is 5.02 Å². The number of ether oxygens (including phenoxy) is 1. The first kappa shape index (κ1) is 19.2. The smallest absolute Gasteiger partial charge is 0.409 e. The van der Waals surface area contributed by atoms with E-state index in [1.165, 1.54) is 5.56 Å². The molecule has 8 heteroatoms. The molecule has 1 saturated heterocycles. The molecule has 0 radical (unpaired) electrons. The summed E-state index contributed by atoms with van der Waals surface area (Å²) >= 11 is 6.02. The van der Waals surface area contributed by atoms with E-state index in [1.54, 1.807) is 11.1 Å². The van der Waals surface area contributed by atoms with Crippen molar-refractivity contribution in [3.63, 3.8) is 0 Å². The van der Waals surface area contributed by atoms with E-state index < -0.39 is 0 Å². The molecular formula is C19H24ClN5O2. The maximum Gasteiger partial charge on any atom is 0.409 e. The summed E-state index contributed by atoms with van der Waals surface area (Å²) in [6.07, 6.45) is 2.36. The van der Waals surface area contributed by atoms with Crippen LogP contribution >= 0.6 is 11.6 Å². The third kappa shape index (κ3) is 5.47. The van der Waals surface area contributed by atoms with Gasteiger partial charge in [0.25, 0.3) is 0 Å². The van der Waals surface area contributed by atoms with E-state index in [2.05, 4.69) is 26.3 Å². The van der Waals surface area contributed by atoms with Crippen LogP contribution in [0.3, 0.4) is 0 Å². The molecule has 1 aliphatic heterocycles. The number of anilines is 2. The van der Waals surface area contributed by atoms with Crippen molar-refractivity contribution in [2.75, 3.05) is 49.5 Å². The van der Waals surface area contributed by atoms with Crippen molar-refractivity contribution in [2.45, 2.75) is 13.3 Å². The lowest BCUT2D eigenvalue weighted by Crippen LogP contribution is -2.49. The number of halogens is 1. The fourth-order valence-electron chi connectivity index (χ4n) is 2.93. The summed E-state index contributed by atoms with van der Waals surface area (Å²) in [6.45, 7) is 5.55. The van der Waals surface area contributed by atoms with Gasteiger partial charge in [0, 0.05) is 43.9 Å². The highest BCUT2D eigenvalue weighted by atomic mass is 35.5. The summed E-state index contributed by atoms with van der Waals surface area (Å²) in [7, 11) is 0. The van der Waals surface area contributed by atoms with Crippen molar-refractivity contribution in [1.29, 1.82) is 0 Å². The molecule has 7 nitrogen and oxygen atoms in total. The van der Waals surface area contributed by atoms with Gasteiger partial charge in [0.1, 0.15) is 5.82 Å². The summed E-state index contributed by atoms with van der Waals surface area (Å²) in [5.41, 5.74) is 1.18. The normalized spacial score (nSPS) is 14.1. The third-order valence-electron chi connectivity index (χ3n) is 4.34. The number of hydrogen-bond acceptors (Lipinski definition) is 6. The first-order chi connectivity index (χ1) is 13.2. The summed E-state index contributed by atoms with van der Waals surface area (Å²) in [5.74, 6) is 1.46. The van der Waals surface area contributed by atoms with Gasteiger partial charge in [-0.15, -0.1) is 0 Å². The first-order valence-corrected chi connectivity index (χ1v) is 9.51. The maximum atomic E-state index is 11.8. The second-order valence-corrected chi connectivity index (χ2v) is 6.66. The van der Waals surface area contributed by atoms with Crippen LogP contribution in [0.15, 0.2) is 36.5 Å². The minimum atomic E-state index is -0.255. The van der Waals surface area contributed by atoms with E-state index in [0.717, 1.165) is 23.8 Å². The first-order valence-electron chi connectivity index (χ1n) is 9.13. The minimum absolute atomic E-state index is 0.255. The third-order valence-corrected chi connectivity index (χ3v) is 4.58. The Morgan fingerprint density at radius 1 is 1.26 bits per heavy atom. The molecule has 0 aliphatic carbocycles. The minimum Gasteiger partial charge on any atom is -0.450 e. The predicted octanol–water partition coefficient (Wildman–Crippen LogP) is 3.06. The zero-order chi connectivity index (χ0) is 19.1. The van der Waals surface area contributed by atoms with E-state index in [-0.39, 0.29) is 6.09 Å². The molecule has 27 heavy (non-hydrogen) atoms. The van der Waals surface area contributed by atoms with Crippen LogP contribution < -0.4 is 10.2 Å². The highest BCUT2D eigenvalue weighted by molar-refractivity contribution is 6.30. The molecule has 144 valence electrons. The number of nitrogens with zero attached hydrogens (tertiary/aromatic N) is 4. The molecule has 0 spiro atoms. The number of carbonyl (C=O) groups excluding carboxylic acids is 1. The fraction of sp³-hybridized carbons (Fsp3) is 0.421. The molecule has 0 unspecified atom stereocenters. The Hall–Kier alpha value is -2.54. The van der Waals surface area contributed by atoms with Crippen LogP contribution in [0.25, 0.3) is 0 Å². The van der Waals surface area contributed by atoms with Crippen LogP contribution in [0.4, 0.5) is 16.6 Å². The monoisotopic (exact) mass is 389 g/mol. The molecule has 1 aromatic heterocycles.